The van der Waals surface area contributed by atoms with Crippen molar-refractivity contribution in [1.29, 1.82) is 0 Å². The third-order valence-corrected chi connectivity index (χ3v) is 3.18. The highest BCUT2D eigenvalue weighted by Gasteiger charge is 2.17. The first-order valence-corrected chi connectivity index (χ1v) is 6.30. The molecular formula is C12H26N2O2. The Morgan fingerprint density at radius 2 is 1.94 bits per heavy atom. The summed E-state index contributed by atoms with van der Waals surface area (Å²) in [4.78, 5) is 2.50. The van der Waals surface area contributed by atoms with Gasteiger partial charge in [-0.25, -0.2) is 0 Å². The zero-order chi connectivity index (χ0) is 11.6. The molecule has 16 heavy (non-hydrogen) atoms. The Balaban J connectivity index is 1.95. The number of rotatable bonds is 8. The van der Waals surface area contributed by atoms with Gasteiger partial charge in [-0.05, 0) is 45.4 Å². The van der Waals surface area contributed by atoms with Crippen LogP contribution < -0.4 is 5.32 Å². The molecule has 0 atom stereocenters. The quantitative estimate of drug-likeness (QED) is 0.619. The zero-order valence-electron chi connectivity index (χ0n) is 10.7. The number of nitrogens with one attached hydrogen (secondary N) is 1. The van der Waals surface area contributed by atoms with E-state index < -0.39 is 0 Å². The van der Waals surface area contributed by atoms with Gasteiger partial charge in [0.2, 0.25) is 0 Å². The van der Waals surface area contributed by atoms with Crippen LogP contribution in [-0.2, 0) is 9.47 Å². The van der Waals surface area contributed by atoms with Crippen molar-refractivity contribution in [2.45, 2.75) is 12.8 Å². The summed E-state index contributed by atoms with van der Waals surface area (Å²) in [5, 5.41) is 3.26. The molecule has 0 aromatic rings. The standard InChI is InChI=1S/C12H26N2O2/c1-13-11-12-3-5-14(6-4-12)7-8-16-10-9-15-2/h12-13H,3-11H2,1-2H3. The van der Waals surface area contributed by atoms with E-state index in [0.717, 1.165) is 25.6 Å². The van der Waals surface area contributed by atoms with Crippen LogP contribution in [0, 0.1) is 5.92 Å². The van der Waals surface area contributed by atoms with Gasteiger partial charge >= 0.3 is 0 Å². The second-order valence-corrected chi connectivity index (χ2v) is 4.45. The molecule has 0 aliphatic carbocycles. The molecule has 4 nitrogen and oxygen atoms in total. The molecule has 0 radical (unpaired) electrons. The van der Waals surface area contributed by atoms with Crippen molar-refractivity contribution in [2.75, 3.05) is 60.2 Å². The minimum atomic E-state index is 0.699. The Hall–Kier alpha value is -0.160. The molecule has 1 heterocycles. The number of hydrogen-bond donors (Lipinski definition) is 1. The van der Waals surface area contributed by atoms with E-state index in [0.29, 0.717) is 13.2 Å². The van der Waals surface area contributed by atoms with E-state index in [1.807, 2.05) is 7.05 Å². The van der Waals surface area contributed by atoms with Gasteiger partial charge in [-0.1, -0.05) is 0 Å². The molecule has 0 spiro atoms. The summed E-state index contributed by atoms with van der Waals surface area (Å²) in [5.74, 6) is 0.871. The third kappa shape index (κ3) is 5.80. The lowest BCUT2D eigenvalue weighted by Gasteiger charge is -2.31. The Labute approximate surface area is 99.3 Å². The summed E-state index contributed by atoms with van der Waals surface area (Å²) in [6, 6.07) is 0. The smallest absolute Gasteiger partial charge is 0.0700 e. The first kappa shape index (κ1) is 13.9. The SMILES string of the molecule is CNCC1CCN(CCOCCOC)CC1. The molecule has 1 aliphatic heterocycles. The van der Waals surface area contributed by atoms with Gasteiger partial charge in [0.15, 0.2) is 0 Å². The van der Waals surface area contributed by atoms with Crippen LogP contribution in [0.2, 0.25) is 0 Å². The number of ether oxygens (including phenoxy) is 2. The first-order chi connectivity index (χ1) is 7.86. The molecule has 1 saturated heterocycles. The fourth-order valence-electron chi connectivity index (χ4n) is 2.14. The van der Waals surface area contributed by atoms with Crippen molar-refractivity contribution in [3.8, 4) is 0 Å². The summed E-state index contributed by atoms with van der Waals surface area (Å²) in [6.07, 6.45) is 2.64. The second kappa shape index (κ2) is 8.93. The number of likely N-dealkylation sites (tertiary alicyclic amines) is 1. The number of hydrogen-bond acceptors (Lipinski definition) is 4. The van der Waals surface area contributed by atoms with Crippen molar-refractivity contribution in [1.82, 2.24) is 10.2 Å². The van der Waals surface area contributed by atoms with Gasteiger partial charge in [0, 0.05) is 13.7 Å². The van der Waals surface area contributed by atoms with Gasteiger partial charge < -0.3 is 19.7 Å². The van der Waals surface area contributed by atoms with Gasteiger partial charge in [0.05, 0.1) is 19.8 Å². The van der Waals surface area contributed by atoms with Gasteiger partial charge in [-0.15, -0.1) is 0 Å². The molecule has 1 aliphatic rings. The average Bonchev–Trinajstić information content (AvgIpc) is 2.31. The van der Waals surface area contributed by atoms with Crippen LogP contribution in [-0.4, -0.2) is 65.1 Å². The van der Waals surface area contributed by atoms with Crippen LogP contribution in [0.4, 0.5) is 0 Å². The lowest BCUT2D eigenvalue weighted by molar-refractivity contribution is 0.0511. The van der Waals surface area contributed by atoms with Gasteiger partial charge in [-0.2, -0.15) is 0 Å². The Bertz CT molecular complexity index is 159. The number of nitrogens with zero attached hydrogens (tertiary/aromatic N) is 1. The fraction of sp³-hybridized carbons (Fsp3) is 1.00. The van der Waals surface area contributed by atoms with Crippen LogP contribution in [0.3, 0.4) is 0 Å². The number of methoxy groups -OCH3 is 1. The lowest BCUT2D eigenvalue weighted by Crippen LogP contribution is -2.38. The molecular weight excluding hydrogens is 204 g/mol. The Morgan fingerprint density at radius 3 is 2.56 bits per heavy atom. The Kier molecular flexibility index (Phi) is 7.76. The topological polar surface area (TPSA) is 33.7 Å². The summed E-state index contributed by atoms with van der Waals surface area (Å²) in [6.45, 7) is 6.92. The van der Waals surface area contributed by atoms with E-state index in [4.69, 9.17) is 9.47 Å². The maximum absolute atomic E-state index is 5.47. The summed E-state index contributed by atoms with van der Waals surface area (Å²) < 4.78 is 10.4. The maximum Gasteiger partial charge on any atom is 0.0700 e. The van der Waals surface area contributed by atoms with Crippen LogP contribution >= 0.6 is 0 Å². The monoisotopic (exact) mass is 230 g/mol. The molecule has 1 N–H and O–H groups in total. The minimum Gasteiger partial charge on any atom is -0.382 e. The van der Waals surface area contributed by atoms with E-state index in [-0.39, 0.29) is 0 Å². The van der Waals surface area contributed by atoms with Crippen LogP contribution in [0.1, 0.15) is 12.8 Å². The largest absolute Gasteiger partial charge is 0.382 e. The van der Waals surface area contributed by atoms with Crippen LogP contribution in [0.5, 0.6) is 0 Å². The highest BCUT2D eigenvalue weighted by Crippen LogP contribution is 2.15. The van der Waals surface area contributed by atoms with E-state index >= 15 is 0 Å². The van der Waals surface area contributed by atoms with Crippen LogP contribution in [0.25, 0.3) is 0 Å². The number of piperidine rings is 1. The molecule has 1 fully saturated rings. The minimum absolute atomic E-state index is 0.699. The van der Waals surface area contributed by atoms with E-state index in [1.54, 1.807) is 7.11 Å². The Morgan fingerprint density at radius 1 is 1.19 bits per heavy atom. The van der Waals surface area contributed by atoms with Crippen molar-refractivity contribution >= 4 is 0 Å². The molecule has 1 rings (SSSR count). The molecule has 4 heteroatoms. The predicted molar refractivity (Wildman–Crippen MR) is 65.8 cm³/mol. The summed E-state index contributed by atoms with van der Waals surface area (Å²) >= 11 is 0. The van der Waals surface area contributed by atoms with Crippen molar-refractivity contribution in [2.24, 2.45) is 5.92 Å². The van der Waals surface area contributed by atoms with Crippen molar-refractivity contribution in [3.05, 3.63) is 0 Å². The summed E-state index contributed by atoms with van der Waals surface area (Å²) in [7, 11) is 3.74. The van der Waals surface area contributed by atoms with E-state index in [2.05, 4.69) is 10.2 Å². The molecule has 0 amide bonds. The molecule has 0 aromatic carbocycles. The average molecular weight is 230 g/mol. The lowest BCUT2D eigenvalue weighted by atomic mass is 9.97. The van der Waals surface area contributed by atoms with Crippen LogP contribution in [0.15, 0.2) is 0 Å². The molecule has 0 unspecified atom stereocenters. The first-order valence-electron chi connectivity index (χ1n) is 6.30. The summed E-state index contributed by atoms with van der Waals surface area (Å²) in [5.41, 5.74) is 0. The maximum atomic E-state index is 5.47. The highest BCUT2D eigenvalue weighted by molar-refractivity contribution is 4.73. The highest BCUT2D eigenvalue weighted by atomic mass is 16.5. The van der Waals surface area contributed by atoms with E-state index in [9.17, 15) is 0 Å². The van der Waals surface area contributed by atoms with Crippen molar-refractivity contribution < 1.29 is 9.47 Å². The normalized spacial score (nSPS) is 19.1. The van der Waals surface area contributed by atoms with Gasteiger partial charge in [0.25, 0.3) is 0 Å². The zero-order valence-corrected chi connectivity index (χ0v) is 10.7. The molecule has 0 saturated carbocycles. The molecule has 96 valence electrons. The van der Waals surface area contributed by atoms with Gasteiger partial charge in [0.1, 0.15) is 0 Å². The predicted octanol–water partition coefficient (Wildman–Crippen LogP) is 0.581. The fourth-order valence-corrected chi connectivity index (χ4v) is 2.14. The molecule has 0 aromatic heterocycles. The second-order valence-electron chi connectivity index (χ2n) is 4.45. The van der Waals surface area contributed by atoms with Gasteiger partial charge in [-0.3, -0.25) is 0 Å². The molecule has 0 bridgehead atoms. The van der Waals surface area contributed by atoms with Crippen molar-refractivity contribution in [3.63, 3.8) is 0 Å². The van der Waals surface area contributed by atoms with E-state index in [1.165, 1.54) is 25.9 Å². The third-order valence-electron chi connectivity index (χ3n) is 3.18.